The van der Waals surface area contributed by atoms with Gasteiger partial charge in [0.15, 0.2) is 0 Å². The van der Waals surface area contributed by atoms with Gasteiger partial charge in [-0.25, -0.2) is 0 Å². The first-order valence-electron chi connectivity index (χ1n) is 4.61. The predicted octanol–water partition coefficient (Wildman–Crippen LogP) is 2.86. The summed E-state index contributed by atoms with van der Waals surface area (Å²) < 4.78 is 5.52. The molecule has 0 amide bonds. The van der Waals surface area contributed by atoms with Crippen molar-refractivity contribution in [1.82, 2.24) is 0 Å². The van der Waals surface area contributed by atoms with Gasteiger partial charge in [0.2, 0.25) is 0 Å². The van der Waals surface area contributed by atoms with Gasteiger partial charge in [-0.2, -0.15) is 0 Å². The van der Waals surface area contributed by atoms with Crippen LogP contribution in [0.25, 0.3) is 0 Å². The zero-order valence-corrected chi connectivity index (χ0v) is 8.42. The van der Waals surface area contributed by atoms with E-state index in [1.165, 1.54) is 5.56 Å². The molecule has 0 fully saturated rings. The summed E-state index contributed by atoms with van der Waals surface area (Å²) in [5.41, 5.74) is 1.20. The lowest BCUT2D eigenvalue weighted by atomic mass is 9.98. The quantitative estimate of drug-likeness (QED) is 0.687. The predicted molar refractivity (Wildman–Crippen MR) is 55.5 cm³/mol. The van der Waals surface area contributed by atoms with Crippen LogP contribution in [0.1, 0.15) is 19.4 Å². The third-order valence-electron chi connectivity index (χ3n) is 1.97. The summed E-state index contributed by atoms with van der Waals surface area (Å²) in [6.07, 6.45) is 0.934. The van der Waals surface area contributed by atoms with Crippen molar-refractivity contribution < 1.29 is 4.74 Å². The largest absolute Gasteiger partial charge is 0.375 e. The van der Waals surface area contributed by atoms with Crippen LogP contribution in [0.4, 0.5) is 0 Å². The first-order valence-corrected chi connectivity index (χ1v) is 4.61. The second-order valence-electron chi connectivity index (χ2n) is 3.77. The average Bonchev–Trinajstić information content (AvgIpc) is 2.04. The molecule has 0 aliphatic rings. The first-order chi connectivity index (χ1) is 6.14. The normalized spacial score (nSPS) is 11.6. The molecule has 1 nitrogen and oxygen atoms in total. The van der Waals surface area contributed by atoms with Gasteiger partial charge in [0.25, 0.3) is 0 Å². The van der Waals surface area contributed by atoms with E-state index in [1.54, 1.807) is 0 Å². The van der Waals surface area contributed by atoms with Crippen LogP contribution >= 0.6 is 0 Å². The molecule has 0 heterocycles. The van der Waals surface area contributed by atoms with Crippen molar-refractivity contribution in [3.05, 3.63) is 42.8 Å². The maximum atomic E-state index is 5.52. The van der Waals surface area contributed by atoms with Crippen molar-refractivity contribution in [3.8, 4) is 0 Å². The Morgan fingerprint density at radius 1 is 1.23 bits per heavy atom. The fourth-order valence-electron chi connectivity index (χ4n) is 1.41. The minimum absolute atomic E-state index is 0.108. The number of benzene rings is 1. The van der Waals surface area contributed by atoms with Gasteiger partial charge in [-0.05, 0) is 26.3 Å². The van der Waals surface area contributed by atoms with E-state index in [-0.39, 0.29) is 5.60 Å². The summed E-state index contributed by atoms with van der Waals surface area (Å²) in [6, 6.07) is 10.4. The minimum Gasteiger partial charge on any atom is -0.375 e. The molecule has 13 heavy (non-hydrogen) atoms. The van der Waals surface area contributed by atoms with E-state index < -0.39 is 0 Å². The summed E-state index contributed by atoms with van der Waals surface area (Å²) in [6.45, 7) is 8.39. The molecule has 0 N–H and O–H groups in total. The van der Waals surface area contributed by atoms with E-state index in [0.29, 0.717) is 6.61 Å². The Hall–Kier alpha value is -0.820. The van der Waals surface area contributed by atoms with Crippen LogP contribution in [0, 0.1) is 6.92 Å². The van der Waals surface area contributed by atoms with Gasteiger partial charge in [-0.3, -0.25) is 0 Å². The van der Waals surface area contributed by atoms with Crippen molar-refractivity contribution >= 4 is 0 Å². The van der Waals surface area contributed by atoms with Crippen molar-refractivity contribution in [2.75, 3.05) is 6.61 Å². The Labute approximate surface area is 80.7 Å². The molecule has 0 saturated carbocycles. The Kier molecular flexibility index (Phi) is 3.49. The molecule has 0 atom stereocenters. The molecule has 0 unspecified atom stereocenters. The van der Waals surface area contributed by atoms with E-state index in [2.05, 4.69) is 45.0 Å². The van der Waals surface area contributed by atoms with Crippen LogP contribution in [0.3, 0.4) is 0 Å². The molecule has 0 saturated heterocycles. The molecule has 0 bridgehead atoms. The van der Waals surface area contributed by atoms with Crippen molar-refractivity contribution in [3.63, 3.8) is 0 Å². The molecule has 0 aliphatic heterocycles. The molecule has 71 valence electrons. The lowest BCUT2D eigenvalue weighted by Gasteiger charge is -2.24. The molecule has 1 aromatic carbocycles. The summed E-state index contributed by atoms with van der Waals surface area (Å²) in [4.78, 5) is 0. The smallest absolute Gasteiger partial charge is 0.0666 e. The maximum Gasteiger partial charge on any atom is 0.0666 e. The highest BCUT2D eigenvalue weighted by Gasteiger charge is 2.17. The molecule has 0 spiro atoms. The first kappa shape index (κ1) is 10.3. The third-order valence-corrected chi connectivity index (χ3v) is 1.97. The van der Waals surface area contributed by atoms with Gasteiger partial charge in [0, 0.05) is 13.0 Å². The fourth-order valence-corrected chi connectivity index (χ4v) is 1.41. The number of ether oxygens (including phenoxy) is 1. The van der Waals surface area contributed by atoms with Crippen LogP contribution in [0.5, 0.6) is 0 Å². The van der Waals surface area contributed by atoms with E-state index in [1.807, 2.05) is 6.07 Å². The Bertz CT molecular complexity index is 239. The van der Waals surface area contributed by atoms with Gasteiger partial charge >= 0.3 is 0 Å². The average molecular weight is 177 g/mol. The lowest BCUT2D eigenvalue weighted by Crippen LogP contribution is -2.27. The highest BCUT2D eigenvalue weighted by Crippen LogP contribution is 2.16. The Balaban J connectivity index is 2.58. The number of hydrogen-bond donors (Lipinski definition) is 0. The van der Waals surface area contributed by atoms with E-state index >= 15 is 0 Å². The fraction of sp³-hybridized carbons (Fsp3) is 0.417. The summed E-state index contributed by atoms with van der Waals surface area (Å²) >= 11 is 0. The molecular formula is C12H17O. The molecule has 0 aliphatic carbocycles. The standard InChI is InChI=1S/C12H17O/c1-4-13-12(2,3)10-11-8-6-5-7-9-11/h5-9H,1,4,10H2,2-3H3. The van der Waals surface area contributed by atoms with Crippen LogP contribution in [-0.2, 0) is 11.2 Å². The second-order valence-corrected chi connectivity index (χ2v) is 3.77. The Morgan fingerprint density at radius 2 is 1.85 bits per heavy atom. The van der Waals surface area contributed by atoms with Crippen molar-refractivity contribution in [2.24, 2.45) is 0 Å². The molecule has 1 heteroatoms. The van der Waals surface area contributed by atoms with Crippen molar-refractivity contribution in [1.29, 1.82) is 0 Å². The topological polar surface area (TPSA) is 9.23 Å². The summed E-state index contributed by atoms with van der Waals surface area (Å²) in [5.74, 6) is 0. The Morgan fingerprint density at radius 3 is 2.38 bits per heavy atom. The summed E-state index contributed by atoms with van der Waals surface area (Å²) in [7, 11) is 0. The van der Waals surface area contributed by atoms with Gasteiger partial charge in [-0.15, -0.1) is 0 Å². The van der Waals surface area contributed by atoms with Crippen LogP contribution in [0.2, 0.25) is 0 Å². The van der Waals surface area contributed by atoms with E-state index in [0.717, 1.165) is 6.42 Å². The van der Waals surface area contributed by atoms with Gasteiger partial charge in [0.1, 0.15) is 0 Å². The molecule has 1 radical (unpaired) electrons. The molecular weight excluding hydrogens is 160 g/mol. The van der Waals surface area contributed by atoms with E-state index in [9.17, 15) is 0 Å². The number of rotatable bonds is 4. The van der Waals surface area contributed by atoms with Crippen LogP contribution < -0.4 is 0 Å². The SMILES string of the molecule is [CH2]COC(C)(C)Cc1ccccc1. The highest BCUT2D eigenvalue weighted by atomic mass is 16.5. The second kappa shape index (κ2) is 4.43. The van der Waals surface area contributed by atoms with Crippen LogP contribution in [0.15, 0.2) is 30.3 Å². The molecule has 1 aromatic rings. The van der Waals surface area contributed by atoms with Gasteiger partial charge in [0.05, 0.1) is 5.60 Å². The van der Waals surface area contributed by atoms with Crippen LogP contribution in [-0.4, -0.2) is 12.2 Å². The molecule has 0 aromatic heterocycles. The zero-order chi connectivity index (χ0) is 9.73. The maximum absolute atomic E-state index is 5.52. The third kappa shape index (κ3) is 3.60. The highest BCUT2D eigenvalue weighted by molar-refractivity contribution is 5.16. The zero-order valence-electron chi connectivity index (χ0n) is 8.42. The van der Waals surface area contributed by atoms with Gasteiger partial charge < -0.3 is 4.74 Å². The van der Waals surface area contributed by atoms with E-state index in [4.69, 9.17) is 4.74 Å². The number of hydrogen-bond acceptors (Lipinski definition) is 1. The van der Waals surface area contributed by atoms with Crippen molar-refractivity contribution in [2.45, 2.75) is 25.9 Å². The summed E-state index contributed by atoms with van der Waals surface area (Å²) in [5, 5.41) is 0. The monoisotopic (exact) mass is 177 g/mol. The lowest BCUT2D eigenvalue weighted by molar-refractivity contribution is -0.00112. The van der Waals surface area contributed by atoms with Gasteiger partial charge in [-0.1, -0.05) is 30.3 Å². The minimum atomic E-state index is -0.108. The molecule has 1 rings (SSSR count).